The van der Waals surface area contributed by atoms with E-state index in [1.807, 2.05) is 88.5 Å². The zero-order valence-electron chi connectivity index (χ0n) is 35.5. The molecule has 0 atom stereocenters. The van der Waals surface area contributed by atoms with Crippen LogP contribution in [0.15, 0.2) is 146 Å². The van der Waals surface area contributed by atoms with Crippen LogP contribution in [0, 0.1) is 6.07 Å². The first kappa shape index (κ1) is 37.0. The molecule has 8 rings (SSSR count). The molecule has 0 fully saturated rings. The minimum atomic E-state index is -0.872. The second kappa shape index (κ2) is 16.1. The second-order valence-corrected chi connectivity index (χ2v) is 16.0. The summed E-state index contributed by atoms with van der Waals surface area (Å²) in [5.41, 5.74) is 13.5. The molecule has 0 aliphatic rings. The van der Waals surface area contributed by atoms with E-state index in [1.54, 1.807) is 6.07 Å². The predicted molar refractivity (Wildman–Crippen MR) is 233 cm³/mol. The van der Waals surface area contributed by atoms with Gasteiger partial charge in [0.25, 0.3) is 0 Å². The van der Waals surface area contributed by atoms with Crippen molar-refractivity contribution < 1.29 is 28.9 Å². The zero-order chi connectivity index (χ0) is 41.0. The fraction of sp³-hybridized carbons (Fsp3) is 0.192. The maximum Gasteiger partial charge on any atom is 0.148 e. The van der Waals surface area contributed by atoms with Crippen LogP contribution in [0.3, 0.4) is 0 Å². The van der Waals surface area contributed by atoms with Gasteiger partial charge in [-0.05, 0) is 87.0 Å². The molecule has 0 radical (unpaired) electrons. The number of benzene rings is 6. The molecule has 8 aromatic rings. The monoisotopic (exact) mass is 927 g/mol. The Morgan fingerprint density at radius 3 is 2.00 bits per heavy atom. The van der Waals surface area contributed by atoms with Crippen LogP contribution in [-0.4, -0.2) is 19.6 Å². The minimum Gasteiger partial charge on any atom is -0.507 e. The SMILES string of the molecule is [2H]C(C)(C)c1ccc(-c2ccnc(-c3[c-]c(-c4cccc5c4nc(-c4ccccc4O)n5-c4cc(-c5ccccc5)cc(C([2H])(C)C)c4)cc(C(C)(C)C)c3)c2)cc1.[Pt]. The van der Waals surface area contributed by atoms with Gasteiger partial charge in [0.15, 0.2) is 0 Å². The van der Waals surface area contributed by atoms with E-state index >= 15 is 0 Å². The summed E-state index contributed by atoms with van der Waals surface area (Å²) in [6.07, 6.45) is 1.85. The van der Waals surface area contributed by atoms with Gasteiger partial charge in [-0.15, -0.1) is 29.3 Å². The van der Waals surface area contributed by atoms with Gasteiger partial charge in [0.05, 0.1) is 16.6 Å². The Morgan fingerprint density at radius 1 is 0.632 bits per heavy atom. The number of pyridine rings is 1. The van der Waals surface area contributed by atoms with Gasteiger partial charge in [-0.1, -0.05) is 151 Å². The van der Waals surface area contributed by atoms with E-state index in [4.69, 9.17) is 12.7 Å². The summed E-state index contributed by atoms with van der Waals surface area (Å²) in [5, 5.41) is 11.3. The van der Waals surface area contributed by atoms with Crippen LogP contribution >= 0.6 is 0 Å². The molecule has 57 heavy (non-hydrogen) atoms. The Hall–Kier alpha value is -5.57. The van der Waals surface area contributed by atoms with Crippen molar-refractivity contribution in [2.75, 3.05) is 0 Å². The third-order valence-corrected chi connectivity index (χ3v) is 10.5. The molecule has 0 amide bonds. The van der Waals surface area contributed by atoms with Crippen LogP contribution < -0.4 is 0 Å². The average Bonchev–Trinajstić information content (AvgIpc) is 3.60. The number of aromatic hydroxyl groups is 1. The maximum atomic E-state index is 11.3. The van der Waals surface area contributed by atoms with Crippen molar-refractivity contribution in [1.82, 2.24) is 14.5 Å². The average molecular weight is 928 g/mol. The van der Waals surface area contributed by atoms with Gasteiger partial charge in [-0.2, -0.15) is 0 Å². The van der Waals surface area contributed by atoms with Crippen LogP contribution in [0.5, 0.6) is 5.75 Å². The van der Waals surface area contributed by atoms with Gasteiger partial charge in [-0.25, -0.2) is 4.98 Å². The first-order valence-electron chi connectivity index (χ1n) is 20.2. The summed E-state index contributed by atoms with van der Waals surface area (Å²) < 4.78 is 19.7. The Kier molecular flexibility index (Phi) is 10.5. The zero-order valence-corrected chi connectivity index (χ0v) is 35.7. The third kappa shape index (κ3) is 8.02. The van der Waals surface area contributed by atoms with E-state index in [0.29, 0.717) is 11.4 Å². The molecule has 5 heteroatoms. The maximum absolute atomic E-state index is 11.3. The van der Waals surface area contributed by atoms with Crippen molar-refractivity contribution in [3.63, 3.8) is 0 Å². The number of aromatic nitrogens is 3. The number of fused-ring (bicyclic) bond motifs is 1. The van der Waals surface area contributed by atoms with Crippen molar-refractivity contribution >= 4 is 11.0 Å². The number of phenolic OH excluding ortho intramolecular Hbond substituents is 1. The van der Waals surface area contributed by atoms with Gasteiger partial charge < -0.3 is 5.11 Å². The van der Waals surface area contributed by atoms with Crippen molar-refractivity contribution in [2.45, 2.75) is 65.7 Å². The first-order chi connectivity index (χ1) is 27.5. The number of hydrogen-bond acceptors (Lipinski definition) is 3. The van der Waals surface area contributed by atoms with E-state index in [-0.39, 0.29) is 32.2 Å². The largest absolute Gasteiger partial charge is 0.507 e. The predicted octanol–water partition coefficient (Wildman–Crippen LogP) is 13.8. The Morgan fingerprint density at radius 2 is 1.30 bits per heavy atom. The van der Waals surface area contributed by atoms with Gasteiger partial charge >= 0.3 is 0 Å². The van der Waals surface area contributed by atoms with Crippen molar-refractivity contribution in [3.05, 3.63) is 168 Å². The molecule has 6 aromatic carbocycles. The molecular weight excluding hydrogens is 878 g/mol. The van der Waals surface area contributed by atoms with Crippen LogP contribution in [-0.2, 0) is 26.5 Å². The van der Waals surface area contributed by atoms with Gasteiger partial charge in [0, 0.05) is 41.4 Å². The number of hydrogen-bond donors (Lipinski definition) is 1. The van der Waals surface area contributed by atoms with E-state index in [9.17, 15) is 5.11 Å². The number of para-hydroxylation sites is 2. The van der Waals surface area contributed by atoms with E-state index in [1.165, 1.54) is 0 Å². The Bertz CT molecular complexity index is 2790. The smallest absolute Gasteiger partial charge is 0.148 e. The van der Waals surface area contributed by atoms with Crippen LogP contribution in [0.25, 0.3) is 72.7 Å². The molecule has 1 N–H and O–H groups in total. The second-order valence-electron chi connectivity index (χ2n) is 16.0. The molecule has 2 heterocycles. The van der Waals surface area contributed by atoms with Crippen molar-refractivity contribution in [3.8, 4) is 67.5 Å². The molecule has 0 aliphatic heterocycles. The summed E-state index contributed by atoms with van der Waals surface area (Å²) in [6.45, 7) is 14.3. The quantitative estimate of drug-likeness (QED) is 0.155. The standard InChI is InChI=1S/C52H48N3O.Pt/c1-33(2)35-20-22-37(23-21-35)38-24-25-53-47(32-38)42-27-41(28-43(29-42)52(5,6)7)45-17-13-18-48-50(45)54-51(46-16-11-12-19-49(46)56)55(48)44-30-39(34(3)4)26-40(31-44)36-14-9-8-10-15-36;/h8-26,28-34,56H,1-7H3;/q-1;/i33D,34D;. The normalized spacial score (nSPS) is 12.5. The fourth-order valence-electron chi connectivity index (χ4n) is 7.29. The Balaban J connectivity index is 0.00000528. The summed E-state index contributed by atoms with van der Waals surface area (Å²) in [5.74, 6) is -0.813. The minimum absolute atomic E-state index is 0. The molecule has 0 aliphatic carbocycles. The molecule has 0 unspecified atom stereocenters. The molecule has 288 valence electrons. The summed E-state index contributed by atoms with van der Waals surface area (Å²) in [6, 6.07) is 50.6. The first-order valence-corrected chi connectivity index (χ1v) is 19.2. The van der Waals surface area contributed by atoms with Gasteiger partial charge in [0.1, 0.15) is 11.6 Å². The molecular formula is C52H48N3OPt-. The summed E-state index contributed by atoms with van der Waals surface area (Å²) >= 11 is 0. The van der Waals surface area contributed by atoms with Crippen molar-refractivity contribution in [1.29, 1.82) is 0 Å². The summed E-state index contributed by atoms with van der Waals surface area (Å²) in [4.78, 5) is 10.2. The molecule has 0 spiro atoms. The molecule has 0 saturated carbocycles. The van der Waals surface area contributed by atoms with Gasteiger partial charge in [-0.3, -0.25) is 9.55 Å². The molecule has 2 aromatic heterocycles. The number of imidazole rings is 1. The molecule has 0 saturated heterocycles. The third-order valence-electron chi connectivity index (χ3n) is 10.5. The van der Waals surface area contributed by atoms with Crippen LogP contribution in [0.1, 0.15) is 79.7 Å². The van der Waals surface area contributed by atoms with Crippen molar-refractivity contribution in [2.24, 2.45) is 0 Å². The van der Waals surface area contributed by atoms with E-state index in [0.717, 1.165) is 78.0 Å². The van der Waals surface area contributed by atoms with E-state index in [2.05, 4.69) is 110 Å². The van der Waals surface area contributed by atoms with E-state index < -0.39 is 11.8 Å². The number of phenols is 1. The Labute approximate surface area is 354 Å². The topological polar surface area (TPSA) is 50.9 Å². The van der Waals surface area contributed by atoms with Gasteiger partial charge in [0.2, 0.25) is 0 Å². The molecule has 4 nitrogen and oxygen atoms in total. The number of rotatable bonds is 8. The summed E-state index contributed by atoms with van der Waals surface area (Å²) in [7, 11) is 0. The number of nitrogens with zero attached hydrogens (tertiary/aromatic N) is 3. The van der Waals surface area contributed by atoms with Crippen LogP contribution in [0.2, 0.25) is 0 Å². The fourth-order valence-corrected chi connectivity index (χ4v) is 7.29. The molecule has 0 bridgehead atoms. The van der Waals surface area contributed by atoms with Crippen LogP contribution in [0.4, 0.5) is 0 Å².